The Kier molecular flexibility index (Phi) is 2.78. The van der Waals surface area contributed by atoms with Crippen LogP contribution in [0.4, 0.5) is 0 Å². The molecule has 1 amide bonds. The monoisotopic (exact) mass is 229 g/mol. The van der Waals surface area contributed by atoms with Gasteiger partial charge in [0.15, 0.2) is 0 Å². The van der Waals surface area contributed by atoms with Gasteiger partial charge in [0.2, 0.25) is 5.91 Å². The maximum atomic E-state index is 11.6. The van der Waals surface area contributed by atoms with E-state index < -0.39 is 11.9 Å². The second kappa shape index (κ2) is 4.25. The molecule has 0 unspecified atom stereocenters. The number of fused-ring (bicyclic) bond motifs is 1. The average Bonchev–Trinajstić information content (AvgIpc) is 2.36. The van der Waals surface area contributed by atoms with Gasteiger partial charge in [-0.1, -0.05) is 24.3 Å². The van der Waals surface area contributed by atoms with Crippen molar-refractivity contribution >= 4 is 22.6 Å². The van der Waals surface area contributed by atoms with Crippen molar-refractivity contribution in [2.24, 2.45) is 5.73 Å². The van der Waals surface area contributed by atoms with E-state index in [2.05, 4.69) is 4.74 Å². The summed E-state index contributed by atoms with van der Waals surface area (Å²) in [5, 5.41) is 1.52. The van der Waals surface area contributed by atoms with Gasteiger partial charge in [0.05, 0.1) is 12.7 Å². The lowest BCUT2D eigenvalue weighted by molar-refractivity contribution is 0.0603. The van der Waals surface area contributed by atoms with Crippen LogP contribution in [0.25, 0.3) is 10.8 Å². The number of esters is 1. The van der Waals surface area contributed by atoms with Crippen molar-refractivity contribution in [3.05, 3.63) is 47.5 Å². The molecule has 0 radical (unpaired) electrons. The number of hydrogen-bond donors (Lipinski definition) is 1. The predicted octanol–water partition coefficient (Wildman–Crippen LogP) is 1.73. The molecular formula is C13H11NO3. The molecule has 0 saturated heterocycles. The van der Waals surface area contributed by atoms with Gasteiger partial charge in [0.1, 0.15) is 0 Å². The van der Waals surface area contributed by atoms with E-state index in [4.69, 9.17) is 5.73 Å². The molecule has 2 aromatic rings. The van der Waals surface area contributed by atoms with Gasteiger partial charge < -0.3 is 10.5 Å². The first-order valence-corrected chi connectivity index (χ1v) is 5.04. The molecule has 2 rings (SSSR count). The SMILES string of the molecule is COC(=O)c1cc(C(N)=O)cc2ccccc12. The van der Waals surface area contributed by atoms with Gasteiger partial charge in [-0.05, 0) is 22.9 Å². The highest BCUT2D eigenvalue weighted by Crippen LogP contribution is 2.21. The summed E-state index contributed by atoms with van der Waals surface area (Å²) >= 11 is 0. The summed E-state index contributed by atoms with van der Waals surface area (Å²) in [4.78, 5) is 22.8. The van der Waals surface area contributed by atoms with Gasteiger partial charge in [-0.25, -0.2) is 4.79 Å². The molecule has 0 aliphatic carbocycles. The van der Waals surface area contributed by atoms with Crippen molar-refractivity contribution in [2.75, 3.05) is 7.11 Å². The van der Waals surface area contributed by atoms with Crippen LogP contribution in [0.3, 0.4) is 0 Å². The van der Waals surface area contributed by atoms with Crippen molar-refractivity contribution in [1.82, 2.24) is 0 Å². The molecule has 0 bridgehead atoms. The minimum atomic E-state index is -0.569. The highest BCUT2D eigenvalue weighted by molar-refractivity contribution is 6.08. The lowest BCUT2D eigenvalue weighted by atomic mass is 10.0. The zero-order valence-electron chi connectivity index (χ0n) is 9.27. The number of carbonyl (C=O) groups is 2. The predicted molar refractivity (Wildman–Crippen MR) is 63.8 cm³/mol. The Morgan fingerprint density at radius 1 is 1.18 bits per heavy atom. The van der Waals surface area contributed by atoms with Crippen LogP contribution in [-0.2, 0) is 4.74 Å². The van der Waals surface area contributed by atoms with E-state index in [0.29, 0.717) is 11.1 Å². The second-order valence-electron chi connectivity index (χ2n) is 3.60. The summed E-state index contributed by atoms with van der Waals surface area (Å²) < 4.78 is 4.69. The van der Waals surface area contributed by atoms with Crippen molar-refractivity contribution in [3.8, 4) is 0 Å². The zero-order chi connectivity index (χ0) is 12.4. The molecule has 0 fully saturated rings. The van der Waals surface area contributed by atoms with Crippen LogP contribution in [0.2, 0.25) is 0 Å². The Balaban J connectivity index is 2.78. The van der Waals surface area contributed by atoms with Gasteiger partial charge >= 0.3 is 5.97 Å². The van der Waals surface area contributed by atoms with E-state index >= 15 is 0 Å². The van der Waals surface area contributed by atoms with Crippen molar-refractivity contribution in [1.29, 1.82) is 0 Å². The molecule has 0 atom stereocenters. The third kappa shape index (κ3) is 1.97. The fraction of sp³-hybridized carbons (Fsp3) is 0.0769. The molecule has 4 nitrogen and oxygen atoms in total. The molecule has 0 aliphatic rings. The van der Waals surface area contributed by atoms with E-state index in [1.54, 1.807) is 12.1 Å². The number of nitrogens with two attached hydrogens (primary N) is 1. The van der Waals surface area contributed by atoms with E-state index in [1.807, 2.05) is 18.2 Å². The Labute approximate surface area is 98.0 Å². The van der Waals surface area contributed by atoms with E-state index in [0.717, 1.165) is 10.8 Å². The number of primary amides is 1. The first kappa shape index (κ1) is 11.1. The van der Waals surface area contributed by atoms with E-state index in [1.165, 1.54) is 13.2 Å². The molecule has 4 heteroatoms. The molecule has 0 aliphatic heterocycles. The summed E-state index contributed by atoms with van der Waals surface area (Å²) in [7, 11) is 1.30. The first-order valence-electron chi connectivity index (χ1n) is 5.04. The molecule has 2 aromatic carbocycles. The lowest BCUT2D eigenvalue weighted by Crippen LogP contribution is -2.13. The molecule has 0 spiro atoms. The maximum Gasteiger partial charge on any atom is 0.338 e. The third-order valence-corrected chi connectivity index (χ3v) is 2.55. The number of rotatable bonds is 2. The molecule has 17 heavy (non-hydrogen) atoms. The molecule has 86 valence electrons. The molecule has 0 heterocycles. The third-order valence-electron chi connectivity index (χ3n) is 2.55. The lowest BCUT2D eigenvalue weighted by Gasteiger charge is -2.06. The standard InChI is InChI=1S/C13H11NO3/c1-17-13(16)11-7-9(12(14)15)6-8-4-2-3-5-10(8)11/h2-7H,1H3,(H2,14,15). The average molecular weight is 229 g/mol. The summed E-state index contributed by atoms with van der Waals surface area (Å²) in [5.74, 6) is -1.05. The fourth-order valence-electron chi connectivity index (χ4n) is 1.73. The molecular weight excluding hydrogens is 218 g/mol. The molecule has 0 aromatic heterocycles. The minimum Gasteiger partial charge on any atom is -0.465 e. The summed E-state index contributed by atoms with van der Waals surface area (Å²) in [6.07, 6.45) is 0. The van der Waals surface area contributed by atoms with E-state index in [9.17, 15) is 9.59 Å². The number of ether oxygens (including phenoxy) is 1. The maximum absolute atomic E-state index is 11.6. The normalized spacial score (nSPS) is 10.2. The van der Waals surface area contributed by atoms with Gasteiger partial charge in [-0.2, -0.15) is 0 Å². The number of methoxy groups -OCH3 is 1. The number of benzene rings is 2. The van der Waals surface area contributed by atoms with Crippen molar-refractivity contribution < 1.29 is 14.3 Å². The van der Waals surface area contributed by atoms with Gasteiger partial charge in [-0.15, -0.1) is 0 Å². The van der Waals surface area contributed by atoms with Gasteiger partial charge in [0, 0.05) is 5.56 Å². The van der Waals surface area contributed by atoms with Crippen LogP contribution >= 0.6 is 0 Å². The van der Waals surface area contributed by atoms with Gasteiger partial charge in [0.25, 0.3) is 0 Å². The topological polar surface area (TPSA) is 69.4 Å². The molecule has 2 N–H and O–H groups in total. The fourth-order valence-corrected chi connectivity index (χ4v) is 1.73. The quantitative estimate of drug-likeness (QED) is 0.797. The Hall–Kier alpha value is -2.36. The van der Waals surface area contributed by atoms with Crippen molar-refractivity contribution in [2.45, 2.75) is 0 Å². The number of amides is 1. The van der Waals surface area contributed by atoms with E-state index in [-0.39, 0.29) is 0 Å². The first-order chi connectivity index (χ1) is 8.13. The Bertz CT molecular complexity index is 605. The summed E-state index contributed by atoms with van der Waals surface area (Å²) in [5.41, 5.74) is 5.87. The summed E-state index contributed by atoms with van der Waals surface area (Å²) in [6, 6.07) is 10.4. The van der Waals surface area contributed by atoms with Crippen molar-refractivity contribution in [3.63, 3.8) is 0 Å². The van der Waals surface area contributed by atoms with Crippen LogP contribution in [0.5, 0.6) is 0 Å². The zero-order valence-corrected chi connectivity index (χ0v) is 9.27. The van der Waals surface area contributed by atoms with Crippen LogP contribution in [0, 0.1) is 0 Å². The Morgan fingerprint density at radius 2 is 1.88 bits per heavy atom. The molecule has 0 saturated carbocycles. The summed E-state index contributed by atoms with van der Waals surface area (Å²) in [6.45, 7) is 0. The van der Waals surface area contributed by atoms with Crippen LogP contribution in [0.15, 0.2) is 36.4 Å². The van der Waals surface area contributed by atoms with Crippen LogP contribution < -0.4 is 5.73 Å². The Morgan fingerprint density at radius 3 is 2.53 bits per heavy atom. The van der Waals surface area contributed by atoms with Crippen LogP contribution in [-0.4, -0.2) is 19.0 Å². The number of hydrogen-bond acceptors (Lipinski definition) is 3. The largest absolute Gasteiger partial charge is 0.465 e. The van der Waals surface area contributed by atoms with Gasteiger partial charge in [-0.3, -0.25) is 4.79 Å². The number of carbonyl (C=O) groups excluding carboxylic acids is 2. The highest BCUT2D eigenvalue weighted by atomic mass is 16.5. The minimum absolute atomic E-state index is 0.295. The smallest absolute Gasteiger partial charge is 0.338 e. The highest BCUT2D eigenvalue weighted by Gasteiger charge is 2.13. The second-order valence-corrected chi connectivity index (χ2v) is 3.60. The van der Waals surface area contributed by atoms with Crippen LogP contribution in [0.1, 0.15) is 20.7 Å².